The molecule has 0 fully saturated rings. The van der Waals surface area contributed by atoms with Gasteiger partial charge in [0.25, 0.3) is 0 Å². The van der Waals surface area contributed by atoms with Crippen molar-refractivity contribution >= 4 is 16.7 Å². The molecule has 0 spiro atoms. The average Bonchev–Trinajstić information content (AvgIpc) is 2.54. The number of benzene rings is 2. The predicted octanol–water partition coefficient (Wildman–Crippen LogP) is 3.10. The smallest absolute Gasteiger partial charge is 0.142 e. The molecule has 3 aromatic rings. The molecule has 1 N–H and O–H groups in total. The SMILES string of the molecule is c1ccc2nc(-c3ccc4c(c3)NCCO4)cnc2c1. The Morgan fingerprint density at radius 2 is 1.95 bits per heavy atom. The van der Waals surface area contributed by atoms with Crippen LogP contribution in [0.1, 0.15) is 0 Å². The first-order chi connectivity index (χ1) is 9.90. The summed E-state index contributed by atoms with van der Waals surface area (Å²) >= 11 is 0. The Morgan fingerprint density at radius 1 is 1.05 bits per heavy atom. The highest BCUT2D eigenvalue weighted by Crippen LogP contribution is 2.31. The molecular weight excluding hydrogens is 250 g/mol. The highest BCUT2D eigenvalue weighted by Gasteiger charge is 2.11. The number of nitrogens with one attached hydrogen (secondary N) is 1. The molecule has 0 radical (unpaired) electrons. The summed E-state index contributed by atoms with van der Waals surface area (Å²) in [5.41, 5.74) is 4.75. The fourth-order valence-corrected chi connectivity index (χ4v) is 2.40. The number of hydrogen-bond donors (Lipinski definition) is 1. The molecule has 4 nitrogen and oxygen atoms in total. The molecule has 0 bridgehead atoms. The summed E-state index contributed by atoms with van der Waals surface area (Å²) in [5, 5.41) is 3.34. The van der Waals surface area contributed by atoms with E-state index in [9.17, 15) is 0 Å². The van der Waals surface area contributed by atoms with Crippen molar-refractivity contribution in [3.8, 4) is 17.0 Å². The lowest BCUT2D eigenvalue weighted by atomic mass is 10.1. The van der Waals surface area contributed by atoms with E-state index in [1.165, 1.54) is 0 Å². The molecule has 20 heavy (non-hydrogen) atoms. The molecule has 4 heteroatoms. The Balaban J connectivity index is 1.82. The van der Waals surface area contributed by atoms with Crippen LogP contribution in [0.3, 0.4) is 0 Å². The van der Waals surface area contributed by atoms with Crippen LogP contribution in [-0.2, 0) is 0 Å². The van der Waals surface area contributed by atoms with Crippen molar-refractivity contribution in [2.75, 3.05) is 18.5 Å². The zero-order chi connectivity index (χ0) is 13.4. The van der Waals surface area contributed by atoms with Crippen LogP contribution in [0.5, 0.6) is 5.75 Å². The van der Waals surface area contributed by atoms with Crippen molar-refractivity contribution in [1.82, 2.24) is 9.97 Å². The fraction of sp³-hybridized carbons (Fsp3) is 0.125. The molecule has 2 aromatic carbocycles. The number of para-hydroxylation sites is 2. The second kappa shape index (κ2) is 4.49. The van der Waals surface area contributed by atoms with Gasteiger partial charge in [0.05, 0.1) is 28.6 Å². The molecular formula is C16H13N3O. The van der Waals surface area contributed by atoms with Crippen molar-refractivity contribution in [3.05, 3.63) is 48.7 Å². The Kier molecular flexibility index (Phi) is 2.52. The number of aromatic nitrogens is 2. The van der Waals surface area contributed by atoms with Gasteiger partial charge in [-0.2, -0.15) is 0 Å². The number of fused-ring (bicyclic) bond motifs is 2. The summed E-state index contributed by atoms with van der Waals surface area (Å²) in [4.78, 5) is 9.12. The molecule has 4 rings (SSSR count). The second-order valence-electron chi connectivity index (χ2n) is 4.73. The molecule has 0 saturated carbocycles. The summed E-state index contributed by atoms with van der Waals surface area (Å²) in [6.45, 7) is 1.54. The Hall–Kier alpha value is -2.62. The lowest BCUT2D eigenvalue weighted by Gasteiger charge is -2.19. The lowest BCUT2D eigenvalue weighted by molar-refractivity contribution is 0.323. The minimum atomic E-state index is 0.710. The van der Waals surface area contributed by atoms with Crippen LogP contribution in [0.2, 0.25) is 0 Å². The maximum Gasteiger partial charge on any atom is 0.142 e. The molecule has 1 aliphatic heterocycles. The number of rotatable bonds is 1. The third-order valence-electron chi connectivity index (χ3n) is 3.40. The van der Waals surface area contributed by atoms with E-state index in [0.717, 1.165) is 40.3 Å². The van der Waals surface area contributed by atoms with Gasteiger partial charge in [-0.25, -0.2) is 4.98 Å². The van der Waals surface area contributed by atoms with Gasteiger partial charge >= 0.3 is 0 Å². The summed E-state index contributed by atoms with van der Waals surface area (Å²) in [6.07, 6.45) is 1.81. The van der Waals surface area contributed by atoms with Gasteiger partial charge in [-0.05, 0) is 30.3 Å². The number of nitrogens with zero attached hydrogens (tertiary/aromatic N) is 2. The molecule has 0 amide bonds. The van der Waals surface area contributed by atoms with Crippen LogP contribution < -0.4 is 10.1 Å². The van der Waals surface area contributed by atoms with Crippen LogP contribution in [0.25, 0.3) is 22.3 Å². The monoisotopic (exact) mass is 263 g/mol. The molecule has 2 heterocycles. The van der Waals surface area contributed by atoms with Gasteiger partial charge in [-0.15, -0.1) is 0 Å². The Labute approximate surface area is 116 Å². The van der Waals surface area contributed by atoms with Gasteiger partial charge in [-0.3, -0.25) is 4.98 Å². The third-order valence-corrected chi connectivity index (χ3v) is 3.40. The molecule has 0 aliphatic carbocycles. The van der Waals surface area contributed by atoms with E-state index in [0.29, 0.717) is 6.61 Å². The fourth-order valence-electron chi connectivity index (χ4n) is 2.40. The van der Waals surface area contributed by atoms with Gasteiger partial charge < -0.3 is 10.1 Å². The summed E-state index contributed by atoms with van der Waals surface area (Å²) in [7, 11) is 0. The van der Waals surface area contributed by atoms with E-state index in [1.54, 1.807) is 0 Å². The molecule has 0 unspecified atom stereocenters. The second-order valence-corrected chi connectivity index (χ2v) is 4.73. The van der Waals surface area contributed by atoms with Crippen LogP contribution in [0, 0.1) is 0 Å². The zero-order valence-electron chi connectivity index (χ0n) is 10.8. The van der Waals surface area contributed by atoms with E-state index in [-0.39, 0.29) is 0 Å². The van der Waals surface area contributed by atoms with Crippen molar-refractivity contribution in [1.29, 1.82) is 0 Å². The first kappa shape index (κ1) is 11.2. The average molecular weight is 263 g/mol. The van der Waals surface area contributed by atoms with Gasteiger partial charge in [0.15, 0.2) is 0 Å². The number of anilines is 1. The summed E-state index contributed by atoms with van der Waals surface area (Å²) in [5.74, 6) is 0.897. The quantitative estimate of drug-likeness (QED) is 0.733. The van der Waals surface area contributed by atoms with Crippen molar-refractivity contribution in [2.45, 2.75) is 0 Å². The highest BCUT2D eigenvalue weighted by molar-refractivity contribution is 5.78. The largest absolute Gasteiger partial charge is 0.490 e. The van der Waals surface area contributed by atoms with E-state index in [2.05, 4.69) is 21.4 Å². The molecule has 98 valence electrons. The summed E-state index contributed by atoms with van der Waals surface area (Å²) in [6, 6.07) is 13.9. The molecule has 0 saturated heterocycles. The summed E-state index contributed by atoms with van der Waals surface area (Å²) < 4.78 is 5.59. The maximum absolute atomic E-state index is 5.59. The van der Waals surface area contributed by atoms with Gasteiger partial charge in [0.2, 0.25) is 0 Å². The van der Waals surface area contributed by atoms with Crippen LogP contribution in [0.4, 0.5) is 5.69 Å². The topological polar surface area (TPSA) is 47.0 Å². The van der Waals surface area contributed by atoms with Crippen molar-refractivity contribution in [3.63, 3.8) is 0 Å². The van der Waals surface area contributed by atoms with E-state index < -0.39 is 0 Å². The van der Waals surface area contributed by atoms with Crippen molar-refractivity contribution < 1.29 is 4.74 Å². The first-order valence-corrected chi connectivity index (χ1v) is 6.63. The van der Waals surface area contributed by atoms with Gasteiger partial charge in [-0.1, -0.05) is 12.1 Å². The standard InChI is InChI=1S/C16H13N3O/c1-2-4-13-12(3-1)18-10-15(19-13)11-5-6-16-14(9-11)17-7-8-20-16/h1-6,9-10,17H,7-8H2. The minimum absolute atomic E-state index is 0.710. The highest BCUT2D eigenvalue weighted by atomic mass is 16.5. The lowest BCUT2D eigenvalue weighted by Crippen LogP contribution is -2.17. The normalized spacial score (nSPS) is 13.4. The third kappa shape index (κ3) is 1.86. The van der Waals surface area contributed by atoms with Gasteiger partial charge in [0, 0.05) is 12.1 Å². The first-order valence-electron chi connectivity index (χ1n) is 6.63. The number of ether oxygens (including phenoxy) is 1. The van der Waals surface area contributed by atoms with E-state index in [4.69, 9.17) is 4.74 Å². The van der Waals surface area contributed by atoms with Crippen molar-refractivity contribution in [2.24, 2.45) is 0 Å². The van der Waals surface area contributed by atoms with Gasteiger partial charge in [0.1, 0.15) is 12.4 Å². The number of hydrogen-bond acceptors (Lipinski definition) is 4. The predicted molar refractivity (Wildman–Crippen MR) is 79.0 cm³/mol. The Morgan fingerprint density at radius 3 is 2.90 bits per heavy atom. The zero-order valence-corrected chi connectivity index (χ0v) is 10.8. The molecule has 0 atom stereocenters. The molecule has 1 aliphatic rings. The van der Waals surface area contributed by atoms with Crippen LogP contribution >= 0.6 is 0 Å². The van der Waals surface area contributed by atoms with Crippen LogP contribution in [-0.4, -0.2) is 23.1 Å². The van der Waals surface area contributed by atoms with Crippen LogP contribution in [0.15, 0.2) is 48.7 Å². The maximum atomic E-state index is 5.59. The Bertz CT molecular complexity index is 786. The minimum Gasteiger partial charge on any atom is -0.490 e. The molecule has 1 aromatic heterocycles. The van der Waals surface area contributed by atoms with E-state index >= 15 is 0 Å². The van der Waals surface area contributed by atoms with E-state index in [1.807, 2.05) is 42.6 Å².